The van der Waals surface area contributed by atoms with Crippen LogP contribution in [0.3, 0.4) is 0 Å². The van der Waals surface area contributed by atoms with Crippen LogP contribution in [0.4, 0.5) is 11.4 Å². The van der Waals surface area contributed by atoms with Crippen LogP contribution < -0.4 is 10.6 Å². The smallest absolute Gasteiger partial charge is 0.338 e. The van der Waals surface area contributed by atoms with Gasteiger partial charge in [0.25, 0.3) is 5.91 Å². The van der Waals surface area contributed by atoms with E-state index in [0.717, 1.165) is 11.1 Å². The zero-order valence-electron chi connectivity index (χ0n) is 19.6. The summed E-state index contributed by atoms with van der Waals surface area (Å²) in [5, 5.41) is 7.30. The van der Waals surface area contributed by atoms with E-state index in [0.29, 0.717) is 50.4 Å². The Balaban J connectivity index is 1.81. The summed E-state index contributed by atoms with van der Waals surface area (Å²) in [7, 11) is 3.89. The molecule has 0 saturated carbocycles. The molecule has 6 nitrogen and oxygen atoms in total. The molecule has 3 aromatic carbocycles. The number of esters is 1. The molecule has 180 valence electrons. The normalized spacial score (nSPS) is 13.9. The van der Waals surface area contributed by atoms with Crippen molar-refractivity contribution in [2.45, 2.75) is 13.5 Å². The molecule has 0 bridgehead atoms. The Kier molecular flexibility index (Phi) is 7.45. The van der Waals surface area contributed by atoms with Crippen molar-refractivity contribution in [3.05, 3.63) is 93.0 Å². The van der Waals surface area contributed by atoms with Gasteiger partial charge in [-0.1, -0.05) is 59.6 Å². The van der Waals surface area contributed by atoms with E-state index in [2.05, 4.69) is 10.6 Å². The number of hydrogen-bond acceptors (Lipinski definition) is 5. The van der Waals surface area contributed by atoms with E-state index in [-0.39, 0.29) is 12.5 Å². The number of nitrogens with one attached hydrogen (secondary N) is 2. The summed E-state index contributed by atoms with van der Waals surface area (Å²) in [6.07, 6.45) is 0. The average Bonchev–Trinajstić information content (AvgIpc) is 3.15. The summed E-state index contributed by atoms with van der Waals surface area (Å²) in [4.78, 5) is 27.3. The zero-order chi connectivity index (χ0) is 25.1. The largest absolute Gasteiger partial charge is 0.462 e. The second kappa shape index (κ2) is 10.5. The van der Waals surface area contributed by atoms with Gasteiger partial charge in [0.15, 0.2) is 0 Å². The number of carbonyl (C=O) groups is 2. The minimum absolute atomic E-state index is 0.272. The van der Waals surface area contributed by atoms with Gasteiger partial charge in [0.05, 0.1) is 29.1 Å². The van der Waals surface area contributed by atoms with Gasteiger partial charge in [-0.2, -0.15) is 0 Å². The van der Waals surface area contributed by atoms with Gasteiger partial charge in [-0.25, -0.2) is 4.79 Å². The van der Waals surface area contributed by atoms with Crippen LogP contribution in [0.1, 0.15) is 34.0 Å². The van der Waals surface area contributed by atoms with E-state index in [9.17, 15) is 9.59 Å². The number of anilines is 2. The van der Waals surface area contributed by atoms with Gasteiger partial charge in [0.1, 0.15) is 0 Å². The third-order valence-electron chi connectivity index (χ3n) is 5.47. The summed E-state index contributed by atoms with van der Waals surface area (Å²) in [6, 6.07) is 18.2. The average molecular weight is 510 g/mol. The predicted octanol–water partition coefficient (Wildman–Crippen LogP) is 6.16. The molecule has 2 N–H and O–H groups in total. The maximum absolute atomic E-state index is 13.2. The molecule has 35 heavy (non-hydrogen) atoms. The van der Waals surface area contributed by atoms with Crippen LogP contribution in [0.5, 0.6) is 0 Å². The second-order valence-electron chi connectivity index (χ2n) is 8.33. The van der Waals surface area contributed by atoms with E-state index < -0.39 is 5.97 Å². The van der Waals surface area contributed by atoms with Crippen molar-refractivity contribution in [2.24, 2.45) is 0 Å². The lowest BCUT2D eigenvalue weighted by atomic mass is 9.99. The Hall–Kier alpha value is -3.32. The van der Waals surface area contributed by atoms with Crippen molar-refractivity contribution >= 4 is 57.7 Å². The van der Waals surface area contributed by atoms with Gasteiger partial charge in [0, 0.05) is 33.4 Å². The number of hydrogen-bond donors (Lipinski definition) is 2. The molecule has 0 unspecified atom stereocenters. The van der Waals surface area contributed by atoms with Crippen LogP contribution in [0.25, 0.3) is 11.3 Å². The summed E-state index contributed by atoms with van der Waals surface area (Å²) < 4.78 is 5.09. The molecule has 1 amide bonds. The van der Waals surface area contributed by atoms with Gasteiger partial charge in [-0.05, 0) is 50.8 Å². The van der Waals surface area contributed by atoms with E-state index in [1.807, 2.05) is 49.3 Å². The first-order valence-electron chi connectivity index (χ1n) is 11.1. The highest BCUT2D eigenvalue weighted by Crippen LogP contribution is 2.39. The maximum Gasteiger partial charge on any atom is 0.338 e. The Morgan fingerprint density at radius 2 is 1.69 bits per heavy atom. The molecule has 0 aromatic heterocycles. The number of carbonyl (C=O) groups excluding carboxylic acids is 2. The summed E-state index contributed by atoms with van der Waals surface area (Å²) in [6.45, 7) is 2.62. The molecular weight excluding hydrogens is 485 g/mol. The standard InChI is InChI=1S/C27H25Cl2N3O3/c1-4-35-27(34)17-10-11-19-23(12-17)31-26(33)24(19)25(16-8-6-5-7-9-16)30-18-13-21(28)20(15-32(2)3)22(29)14-18/h5-14,30H,4,15H2,1-3H3,(H,31,33). The van der Waals surface area contributed by atoms with Crippen molar-refractivity contribution in [3.8, 4) is 0 Å². The molecule has 0 saturated heterocycles. The highest BCUT2D eigenvalue weighted by Gasteiger charge is 2.29. The molecule has 0 spiro atoms. The Morgan fingerprint density at radius 3 is 2.31 bits per heavy atom. The SMILES string of the molecule is CCOC(=O)c1ccc2c(c1)NC(=O)C2=C(Nc1cc(Cl)c(CN(C)C)c(Cl)c1)c1ccccc1. The van der Waals surface area contributed by atoms with E-state index in [4.69, 9.17) is 27.9 Å². The van der Waals surface area contributed by atoms with Gasteiger partial charge in [0.2, 0.25) is 0 Å². The highest BCUT2D eigenvalue weighted by atomic mass is 35.5. The lowest BCUT2D eigenvalue weighted by molar-refractivity contribution is -0.110. The van der Waals surface area contributed by atoms with Gasteiger partial charge >= 0.3 is 5.97 Å². The fourth-order valence-corrected chi connectivity index (χ4v) is 4.54. The van der Waals surface area contributed by atoms with Crippen LogP contribution in [0, 0.1) is 0 Å². The molecule has 8 heteroatoms. The molecule has 3 aromatic rings. The molecule has 1 aliphatic rings. The van der Waals surface area contributed by atoms with Gasteiger partial charge in [-0.3, -0.25) is 4.79 Å². The van der Waals surface area contributed by atoms with E-state index in [1.54, 1.807) is 37.3 Å². The third-order valence-corrected chi connectivity index (χ3v) is 6.15. The van der Waals surface area contributed by atoms with Crippen molar-refractivity contribution in [3.63, 3.8) is 0 Å². The van der Waals surface area contributed by atoms with Crippen LogP contribution in [-0.4, -0.2) is 37.5 Å². The number of benzene rings is 3. The molecular formula is C27H25Cl2N3O3. The molecule has 0 radical (unpaired) electrons. The number of ether oxygens (including phenoxy) is 1. The van der Waals surface area contributed by atoms with Gasteiger partial charge < -0.3 is 20.3 Å². The predicted molar refractivity (Wildman–Crippen MR) is 142 cm³/mol. The number of amides is 1. The van der Waals surface area contributed by atoms with Gasteiger partial charge in [-0.15, -0.1) is 0 Å². The summed E-state index contributed by atoms with van der Waals surface area (Å²) in [5.41, 5.74) is 4.93. The number of halogens is 2. The molecule has 0 aliphatic carbocycles. The Morgan fingerprint density at radius 1 is 1.00 bits per heavy atom. The van der Waals surface area contributed by atoms with Crippen LogP contribution in [-0.2, 0) is 16.1 Å². The minimum atomic E-state index is -0.439. The highest BCUT2D eigenvalue weighted by molar-refractivity contribution is 6.38. The number of rotatable bonds is 7. The fraction of sp³-hybridized carbons (Fsp3) is 0.185. The van der Waals surface area contributed by atoms with Crippen LogP contribution in [0.2, 0.25) is 10.0 Å². The Labute approximate surface area is 214 Å². The third kappa shape index (κ3) is 5.35. The summed E-state index contributed by atoms with van der Waals surface area (Å²) >= 11 is 13.1. The van der Waals surface area contributed by atoms with Crippen molar-refractivity contribution in [1.82, 2.24) is 4.90 Å². The van der Waals surface area contributed by atoms with Crippen molar-refractivity contribution in [2.75, 3.05) is 31.3 Å². The monoisotopic (exact) mass is 509 g/mol. The number of fused-ring (bicyclic) bond motifs is 1. The molecule has 1 aliphatic heterocycles. The van der Waals surface area contributed by atoms with Crippen molar-refractivity contribution in [1.29, 1.82) is 0 Å². The molecule has 0 fully saturated rings. The van der Waals surface area contributed by atoms with E-state index in [1.165, 1.54) is 0 Å². The maximum atomic E-state index is 13.2. The lowest BCUT2D eigenvalue weighted by Gasteiger charge is -2.18. The fourth-order valence-electron chi connectivity index (χ4n) is 3.93. The second-order valence-corrected chi connectivity index (χ2v) is 9.15. The molecule has 1 heterocycles. The van der Waals surface area contributed by atoms with Crippen LogP contribution >= 0.6 is 23.2 Å². The first kappa shape index (κ1) is 24.8. The first-order chi connectivity index (χ1) is 16.8. The van der Waals surface area contributed by atoms with Crippen molar-refractivity contribution < 1.29 is 14.3 Å². The zero-order valence-corrected chi connectivity index (χ0v) is 21.1. The number of nitrogens with zero attached hydrogens (tertiary/aromatic N) is 1. The summed E-state index contributed by atoms with van der Waals surface area (Å²) in [5.74, 6) is -0.723. The van der Waals surface area contributed by atoms with E-state index >= 15 is 0 Å². The Bertz CT molecular complexity index is 1300. The lowest BCUT2D eigenvalue weighted by Crippen LogP contribution is -2.12. The molecule has 4 rings (SSSR count). The van der Waals surface area contributed by atoms with Crippen LogP contribution in [0.15, 0.2) is 60.7 Å². The molecule has 0 atom stereocenters. The first-order valence-corrected chi connectivity index (χ1v) is 11.9. The topological polar surface area (TPSA) is 70.7 Å². The quantitative estimate of drug-likeness (QED) is 0.294. The minimum Gasteiger partial charge on any atom is -0.462 e.